The lowest BCUT2D eigenvalue weighted by Gasteiger charge is -2.26. The molecule has 0 N–H and O–H groups in total. The Bertz CT molecular complexity index is 434. The number of rotatable bonds is 6. The van der Waals surface area contributed by atoms with Crippen molar-refractivity contribution in [1.29, 1.82) is 0 Å². The van der Waals surface area contributed by atoms with Crippen LogP contribution in [0, 0.1) is 5.82 Å². The number of carbonyl (C=O) groups excluding carboxylic acids is 1. The zero-order valence-electron chi connectivity index (χ0n) is 10.9. The second-order valence-corrected chi connectivity index (χ2v) is 4.76. The quantitative estimate of drug-likeness (QED) is 0.787. The lowest BCUT2D eigenvalue weighted by molar-refractivity contribution is -0.141. The summed E-state index contributed by atoms with van der Waals surface area (Å²) in [6.07, 6.45) is 0.660. The second-order valence-electron chi connectivity index (χ2n) is 4.35. The summed E-state index contributed by atoms with van der Waals surface area (Å²) >= 11 is 5.95. The van der Waals surface area contributed by atoms with Gasteiger partial charge in [-0.3, -0.25) is 4.79 Å². The average Bonchev–Trinajstić information content (AvgIpc) is 2.34. The first-order valence-electron chi connectivity index (χ1n) is 6.04. The van der Waals surface area contributed by atoms with Gasteiger partial charge in [-0.05, 0) is 44.0 Å². The summed E-state index contributed by atoms with van der Waals surface area (Å²) in [5.41, 5.74) is -0.328. The zero-order chi connectivity index (χ0) is 13.8. The molecular formula is C14H18ClFO2. The highest BCUT2D eigenvalue weighted by molar-refractivity contribution is 6.31. The molecule has 0 aliphatic carbocycles. The van der Waals surface area contributed by atoms with Gasteiger partial charge in [0.05, 0.1) is 0 Å². The van der Waals surface area contributed by atoms with E-state index in [0.717, 1.165) is 0 Å². The minimum absolute atomic E-state index is 0.0839. The first-order chi connectivity index (χ1) is 8.42. The Morgan fingerprint density at radius 1 is 1.44 bits per heavy atom. The van der Waals surface area contributed by atoms with Gasteiger partial charge in [-0.2, -0.15) is 0 Å². The molecule has 0 radical (unpaired) electrons. The van der Waals surface area contributed by atoms with Crippen LogP contribution in [-0.4, -0.2) is 18.0 Å². The van der Waals surface area contributed by atoms with Gasteiger partial charge < -0.3 is 4.74 Å². The van der Waals surface area contributed by atoms with E-state index in [2.05, 4.69) is 0 Å². The fraction of sp³-hybridized carbons (Fsp3) is 0.500. The van der Waals surface area contributed by atoms with Crippen LogP contribution in [0.5, 0.6) is 0 Å². The van der Waals surface area contributed by atoms with Crippen molar-refractivity contribution in [2.45, 2.75) is 39.2 Å². The third-order valence-electron chi connectivity index (χ3n) is 3.09. The Hall–Kier alpha value is -0.930. The molecular weight excluding hydrogens is 255 g/mol. The Balaban J connectivity index is 2.89. The van der Waals surface area contributed by atoms with Crippen LogP contribution in [0.2, 0.25) is 5.02 Å². The molecule has 1 aromatic rings. The molecule has 1 aromatic carbocycles. The second kappa shape index (κ2) is 6.30. The number of benzene rings is 1. The topological polar surface area (TPSA) is 26.3 Å². The molecule has 1 unspecified atom stereocenters. The highest BCUT2D eigenvalue weighted by atomic mass is 35.5. The van der Waals surface area contributed by atoms with E-state index in [0.29, 0.717) is 23.6 Å². The zero-order valence-corrected chi connectivity index (χ0v) is 11.7. The molecule has 1 rings (SSSR count). The molecule has 0 bridgehead atoms. The Morgan fingerprint density at radius 2 is 2.11 bits per heavy atom. The van der Waals surface area contributed by atoms with Crippen molar-refractivity contribution in [2.75, 3.05) is 6.61 Å². The summed E-state index contributed by atoms with van der Waals surface area (Å²) in [4.78, 5) is 12.2. The third-order valence-corrected chi connectivity index (χ3v) is 3.45. The Kier molecular flexibility index (Phi) is 5.29. The van der Waals surface area contributed by atoms with Crippen LogP contribution >= 0.6 is 11.6 Å². The summed E-state index contributed by atoms with van der Waals surface area (Å²) in [6, 6.07) is 4.03. The number of carbonyl (C=O) groups is 1. The van der Waals surface area contributed by atoms with Gasteiger partial charge in [-0.25, -0.2) is 4.39 Å². The van der Waals surface area contributed by atoms with E-state index in [1.807, 2.05) is 13.8 Å². The third kappa shape index (κ3) is 3.53. The normalized spacial score (nSPS) is 14.3. The van der Waals surface area contributed by atoms with E-state index >= 15 is 0 Å². The highest BCUT2D eigenvalue weighted by Gasteiger charge is 2.31. The largest absolute Gasteiger partial charge is 0.368 e. The number of ether oxygens (including phenoxy) is 1. The van der Waals surface area contributed by atoms with Crippen molar-refractivity contribution in [3.8, 4) is 0 Å². The maximum absolute atomic E-state index is 13.1. The number of ketones is 1. The molecule has 0 spiro atoms. The average molecular weight is 273 g/mol. The minimum Gasteiger partial charge on any atom is -0.368 e. The number of hydrogen-bond acceptors (Lipinski definition) is 2. The van der Waals surface area contributed by atoms with Crippen LogP contribution in [-0.2, 0) is 16.0 Å². The molecule has 0 fully saturated rings. The summed E-state index contributed by atoms with van der Waals surface area (Å²) in [5, 5.41) is 0.403. The molecule has 100 valence electrons. The van der Waals surface area contributed by atoms with E-state index in [-0.39, 0.29) is 12.2 Å². The van der Waals surface area contributed by atoms with Crippen LogP contribution in [0.4, 0.5) is 4.39 Å². The number of halogens is 2. The monoisotopic (exact) mass is 272 g/mol. The smallest absolute Gasteiger partial charge is 0.168 e. The van der Waals surface area contributed by atoms with Crippen molar-refractivity contribution >= 4 is 17.4 Å². The summed E-state index contributed by atoms with van der Waals surface area (Å²) in [5.74, 6) is -0.476. The number of Topliss-reactive ketones (excluding diaryl/α,β-unsaturated/α-hetero) is 1. The first-order valence-corrected chi connectivity index (χ1v) is 6.42. The molecule has 0 aromatic heterocycles. The van der Waals surface area contributed by atoms with E-state index in [4.69, 9.17) is 16.3 Å². The molecule has 2 nitrogen and oxygen atoms in total. The van der Waals surface area contributed by atoms with E-state index in [1.165, 1.54) is 18.2 Å². The lowest BCUT2D eigenvalue weighted by Crippen LogP contribution is -2.39. The van der Waals surface area contributed by atoms with Gasteiger partial charge in [0.25, 0.3) is 0 Å². The van der Waals surface area contributed by atoms with Crippen LogP contribution in [0.1, 0.15) is 32.8 Å². The molecule has 0 saturated carbocycles. The van der Waals surface area contributed by atoms with Crippen LogP contribution in [0.15, 0.2) is 18.2 Å². The molecule has 18 heavy (non-hydrogen) atoms. The predicted octanol–water partition coefficient (Wildman–Crippen LogP) is 3.80. The standard InChI is InChI=1S/C14H18ClFO2/c1-4-14(3,18-5-2)13(17)9-10-8-11(16)6-7-12(10)15/h6-8H,4-5,9H2,1-3H3. The van der Waals surface area contributed by atoms with Gasteiger partial charge in [-0.15, -0.1) is 0 Å². The van der Waals surface area contributed by atoms with Crippen molar-refractivity contribution < 1.29 is 13.9 Å². The maximum Gasteiger partial charge on any atom is 0.168 e. The summed E-state index contributed by atoms with van der Waals surface area (Å²) in [6.45, 7) is 5.95. The van der Waals surface area contributed by atoms with E-state index < -0.39 is 11.4 Å². The van der Waals surface area contributed by atoms with Crippen molar-refractivity contribution in [3.05, 3.63) is 34.6 Å². The molecule has 0 saturated heterocycles. The van der Waals surface area contributed by atoms with Crippen LogP contribution in [0.3, 0.4) is 0 Å². The molecule has 0 amide bonds. The summed E-state index contributed by atoms with van der Waals surface area (Å²) in [7, 11) is 0. The molecule has 0 aliphatic heterocycles. The van der Waals surface area contributed by atoms with Gasteiger partial charge in [0.15, 0.2) is 5.78 Å². The van der Waals surface area contributed by atoms with Crippen molar-refractivity contribution in [1.82, 2.24) is 0 Å². The van der Waals surface area contributed by atoms with E-state index in [1.54, 1.807) is 6.92 Å². The van der Waals surface area contributed by atoms with Crippen LogP contribution < -0.4 is 0 Å². The molecule has 1 atom stereocenters. The van der Waals surface area contributed by atoms with Gasteiger partial charge >= 0.3 is 0 Å². The Labute approximate surface area is 112 Å². The first kappa shape index (κ1) is 15.1. The summed E-state index contributed by atoms with van der Waals surface area (Å²) < 4.78 is 18.6. The van der Waals surface area contributed by atoms with Gasteiger partial charge in [0.2, 0.25) is 0 Å². The number of hydrogen-bond donors (Lipinski definition) is 0. The van der Waals surface area contributed by atoms with Gasteiger partial charge in [0, 0.05) is 18.1 Å². The Morgan fingerprint density at radius 3 is 2.67 bits per heavy atom. The lowest BCUT2D eigenvalue weighted by atomic mass is 9.92. The molecule has 0 aliphatic rings. The van der Waals surface area contributed by atoms with Crippen molar-refractivity contribution in [2.24, 2.45) is 0 Å². The highest BCUT2D eigenvalue weighted by Crippen LogP contribution is 2.23. The minimum atomic E-state index is -0.829. The SMILES string of the molecule is CCOC(C)(CC)C(=O)Cc1cc(F)ccc1Cl. The molecule has 4 heteroatoms. The van der Waals surface area contributed by atoms with E-state index in [9.17, 15) is 9.18 Å². The predicted molar refractivity (Wildman–Crippen MR) is 70.4 cm³/mol. The molecule has 0 heterocycles. The van der Waals surface area contributed by atoms with Gasteiger partial charge in [-0.1, -0.05) is 18.5 Å². The van der Waals surface area contributed by atoms with Gasteiger partial charge in [0.1, 0.15) is 11.4 Å². The maximum atomic E-state index is 13.1. The van der Waals surface area contributed by atoms with Crippen LogP contribution in [0.25, 0.3) is 0 Å². The fourth-order valence-electron chi connectivity index (χ4n) is 1.74. The van der Waals surface area contributed by atoms with Crippen molar-refractivity contribution in [3.63, 3.8) is 0 Å². The fourth-order valence-corrected chi connectivity index (χ4v) is 1.92.